The summed E-state index contributed by atoms with van der Waals surface area (Å²) in [5.41, 5.74) is 1.95. The first-order valence-corrected chi connectivity index (χ1v) is 11.8. The van der Waals surface area contributed by atoms with Crippen LogP contribution >= 0.6 is 22.7 Å². The van der Waals surface area contributed by atoms with Gasteiger partial charge in [-0.05, 0) is 52.6 Å². The van der Waals surface area contributed by atoms with Crippen molar-refractivity contribution >= 4 is 34.5 Å². The van der Waals surface area contributed by atoms with Gasteiger partial charge in [0.15, 0.2) is 0 Å². The molecule has 0 N–H and O–H groups in total. The number of carbonyl (C=O) groups excluding carboxylic acids is 2. The lowest BCUT2D eigenvalue weighted by Gasteiger charge is -2.37. The van der Waals surface area contributed by atoms with Crippen molar-refractivity contribution in [3.63, 3.8) is 0 Å². The molecule has 4 rings (SSSR count). The van der Waals surface area contributed by atoms with Crippen LogP contribution in [0.1, 0.15) is 26.9 Å². The molecule has 4 nitrogen and oxygen atoms in total. The molecule has 3 heterocycles. The lowest BCUT2D eigenvalue weighted by molar-refractivity contribution is -0.141. The van der Waals surface area contributed by atoms with Crippen molar-refractivity contribution in [2.45, 2.75) is 18.9 Å². The van der Waals surface area contributed by atoms with Crippen LogP contribution in [0.3, 0.4) is 0 Å². The van der Waals surface area contributed by atoms with Crippen molar-refractivity contribution in [3.8, 4) is 0 Å². The molecular weight excluding hydrogens is 431 g/mol. The largest absolute Gasteiger partial charge is 0.330 e. The van der Waals surface area contributed by atoms with Crippen LogP contribution in [0, 0.1) is 5.82 Å². The van der Waals surface area contributed by atoms with E-state index in [1.54, 1.807) is 34.4 Å². The van der Waals surface area contributed by atoms with Gasteiger partial charge in [0.2, 0.25) is 11.8 Å². The highest BCUT2D eigenvalue weighted by Gasteiger charge is 2.33. The van der Waals surface area contributed by atoms with E-state index in [0.29, 0.717) is 13.1 Å². The smallest absolute Gasteiger partial charge is 0.243 e. The van der Waals surface area contributed by atoms with Gasteiger partial charge in [-0.15, -0.1) is 29.3 Å². The van der Waals surface area contributed by atoms with Crippen molar-refractivity contribution in [1.29, 1.82) is 0 Å². The number of nitrogens with zero attached hydrogens (tertiary/aromatic N) is 2. The zero-order valence-corrected chi connectivity index (χ0v) is 18.6. The molecule has 1 aliphatic rings. The quantitative estimate of drug-likeness (QED) is 0.487. The summed E-state index contributed by atoms with van der Waals surface area (Å²) in [4.78, 5) is 31.8. The minimum absolute atomic E-state index is 0.00655. The summed E-state index contributed by atoms with van der Waals surface area (Å²) >= 11 is 3.21. The molecule has 2 amide bonds. The number of hydrogen-bond acceptors (Lipinski definition) is 4. The third-order valence-corrected chi connectivity index (χ3v) is 7.28. The Labute approximate surface area is 189 Å². The van der Waals surface area contributed by atoms with Gasteiger partial charge in [-0.2, -0.15) is 0 Å². The minimum atomic E-state index is -0.306. The van der Waals surface area contributed by atoms with Gasteiger partial charge in [0.1, 0.15) is 12.4 Å². The van der Waals surface area contributed by atoms with Crippen LogP contribution in [-0.4, -0.2) is 41.2 Å². The highest BCUT2D eigenvalue weighted by atomic mass is 32.1. The molecule has 1 aromatic carbocycles. The number of thiophene rings is 2. The van der Waals surface area contributed by atoms with Gasteiger partial charge in [-0.1, -0.05) is 24.3 Å². The Morgan fingerprint density at radius 2 is 1.97 bits per heavy atom. The Balaban J connectivity index is 1.56. The van der Waals surface area contributed by atoms with E-state index < -0.39 is 0 Å². The van der Waals surface area contributed by atoms with E-state index in [0.717, 1.165) is 22.4 Å². The molecule has 0 saturated carbocycles. The Hall–Kier alpha value is -2.77. The third kappa shape index (κ3) is 4.78. The topological polar surface area (TPSA) is 40.6 Å². The Kier molecular flexibility index (Phi) is 6.63. The Morgan fingerprint density at radius 1 is 1.16 bits per heavy atom. The van der Waals surface area contributed by atoms with E-state index in [2.05, 4.69) is 6.58 Å². The molecular formula is C24H23FN2O2S2. The molecule has 1 aliphatic heterocycles. The molecule has 1 atom stereocenters. The van der Waals surface area contributed by atoms with Gasteiger partial charge in [-0.3, -0.25) is 9.59 Å². The predicted octanol–water partition coefficient (Wildman–Crippen LogP) is 4.68. The zero-order chi connectivity index (χ0) is 21.8. The fraction of sp³-hybridized carbons (Fsp3) is 0.250. The number of carbonyl (C=O) groups is 2. The van der Waals surface area contributed by atoms with E-state index >= 15 is 0 Å². The maximum absolute atomic E-state index is 13.5. The van der Waals surface area contributed by atoms with Gasteiger partial charge >= 0.3 is 0 Å². The standard InChI is InChI=1S/C24H23FN2O2S2/c1-2-11-26(22(28)15-19-4-3-13-30-19)16-23(29)27-12-9-21-20(10-14-31-21)24(27)17-5-7-18(25)8-6-17/h2-8,10,13-14,24H,1,9,11-12,15-16H2/t24-/m1/s1. The molecule has 3 aromatic rings. The Morgan fingerprint density at radius 3 is 2.68 bits per heavy atom. The average Bonchev–Trinajstić information content (AvgIpc) is 3.45. The molecule has 0 unspecified atom stereocenters. The first-order valence-electron chi connectivity index (χ1n) is 10.1. The highest BCUT2D eigenvalue weighted by molar-refractivity contribution is 7.10. The lowest BCUT2D eigenvalue weighted by atomic mass is 9.93. The van der Waals surface area contributed by atoms with E-state index in [1.807, 2.05) is 33.9 Å². The number of benzene rings is 1. The lowest BCUT2D eigenvalue weighted by Crippen LogP contribution is -2.47. The minimum Gasteiger partial charge on any atom is -0.330 e. The van der Waals surface area contributed by atoms with Crippen LogP contribution in [-0.2, 0) is 22.4 Å². The summed E-state index contributed by atoms with van der Waals surface area (Å²) in [6.07, 6.45) is 2.69. The van der Waals surface area contributed by atoms with Crippen LogP contribution in [0.15, 0.2) is 65.9 Å². The van der Waals surface area contributed by atoms with Crippen molar-refractivity contribution in [3.05, 3.63) is 92.6 Å². The van der Waals surface area contributed by atoms with Crippen molar-refractivity contribution in [2.24, 2.45) is 0 Å². The predicted molar refractivity (Wildman–Crippen MR) is 123 cm³/mol. The molecule has 0 spiro atoms. The second-order valence-corrected chi connectivity index (χ2v) is 9.44. The molecule has 0 saturated heterocycles. The first-order chi connectivity index (χ1) is 15.1. The van der Waals surface area contributed by atoms with Crippen LogP contribution in [0.25, 0.3) is 0 Å². The fourth-order valence-corrected chi connectivity index (χ4v) is 5.53. The van der Waals surface area contributed by atoms with E-state index in [4.69, 9.17) is 0 Å². The fourth-order valence-electron chi connectivity index (χ4n) is 3.93. The summed E-state index contributed by atoms with van der Waals surface area (Å²) in [6.45, 7) is 4.62. The first kappa shape index (κ1) is 21.5. The van der Waals surface area contributed by atoms with E-state index in [-0.39, 0.29) is 36.6 Å². The molecule has 160 valence electrons. The van der Waals surface area contributed by atoms with Crippen molar-refractivity contribution in [2.75, 3.05) is 19.6 Å². The molecule has 7 heteroatoms. The summed E-state index contributed by atoms with van der Waals surface area (Å²) in [6, 6.07) is 11.9. The van der Waals surface area contributed by atoms with Gasteiger partial charge in [-0.25, -0.2) is 4.39 Å². The van der Waals surface area contributed by atoms with Crippen molar-refractivity contribution in [1.82, 2.24) is 9.80 Å². The number of fused-ring (bicyclic) bond motifs is 1. The van der Waals surface area contributed by atoms with Crippen molar-refractivity contribution < 1.29 is 14.0 Å². The average molecular weight is 455 g/mol. The molecule has 0 radical (unpaired) electrons. The van der Waals surface area contributed by atoms with Crippen LogP contribution < -0.4 is 0 Å². The zero-order valence-electron chi connectivity index (χ0n) is 17.0. The highest BCUT2D eigenvalue weighted by Crippen LogP contribution is 2.37. The van der Waals surface area contributed by atoms with Crippen LogP contribution in [0.5, 0.6) is 0 Å². The SMILES string of the molecule is C=CCN(CC(=O)N1CCc2sccc2[C@H]1c1ccc(F)cc1)C(=O)Cc1cccs1. The van der Waals surface area contributed by atoms with E-state index in [9.17, 15) is 14.0 Å². The normalized spacial score (nSPS) is 15.4. The number of hydrogen-bond donors (Lipinski definition) is 0. The number of amides is 2. The van der Waals surface area contributed by atoms with E-state index in [1.165, 1.54) is 28.3 Å². The van der Waals surface area contributed by atoms with Crippen LogP contribution in [0.4, 0.5) is 4.39 Å². The molecule has 0 bridgehead atoms. The van der Waals surface area contributed by atoms with Gasteiger partial charge in [0.25, 0.3) is 0 Å². The molecule has 31 heavy (non-hydrogen) atoms. The maximum Gasteiger partial charge on any atom is 0.243 e. The van der Waals surface area contributed by atoms with Gasteiger partial charge in [0, 0.05) is 22.8 Å². The third-order valence-electron chi connectivity index (χ3n) is 5.41. The second-order valence-electron chi connectivity index (χ2n) is 7.41. The Bertz CT molecular complexity index is 1060. The number of rotatable bonds is 7. The maximum atomic E-state index is 13.5. The molecule has 0 aliphatic carbocycles. The summed E-state index contributed by atoms with van der Waals surface area (Å²) in [5, 5.41) is 3.97. The number of halogens is 1. The monoisotopic (exact) mass is 454 g/mol. The second kappa shape index (κ2) is 9.58. The summed E-state index contributed by atoms with van der Waals surface area (Å²) in [5.74, 6) is -0.519. The van der Waals surface area contributed by atoms with Gasteiger partial charge in [0.05, 0.1) is 12.5 Å². The summed E-state index contributed by atoms with van der Waals surface area (Å²) in [7, 11) is 0. The summed E-state index contributed by atoms with van der Waals surface area (Å²) < 4.78 is 13.5. The van der Waals surface area contributed by atoms with Gasteiger partial charge < -0.3 is 9.80 Å². The van der Waals surface area contributed by atoms with Crippen LogP contribution in [0.2, 0.25) is 0 Å². The molecule has 0 fully saturated rings. The molecule has 2 aromatic heterocycles.